The molecule has 3 rings (SSSR count). The molecule has 0 fully saturated rings. The van der Waals surface area contributed by atoms with Crippen LogP contribution in [0.15, 0.2) is 47.2 Å². The second-order valence-corrected chi connectivity index (χ2v) is 4.62. The number of pyridine rings is 1. The molecule has 0 saturated heterocycles. The zero-order valence-corrected chi connectivity index (χ0v) is 10.4. The van der Waals surface area contributed by atoms with E-state index in [1.54, 1.807) is 17.1 Å². The molecule has 2 N–H and O–H groups in total. The van der Waals surface area contributed by atoms with Crippen LogP contribution in [0.1, 0.15) is 0 Å². The van der Waals surface area contributed by atoms with Crippen LogP contribution in [0.5, 0.6) is 0 Å². The Morgan fingerprint density at radius 3 is 2.76 bits per heavy atom. The number of anilines is 1. The predicted molar refractivity (Wildman–Crippen MR) is 71.0 cm³/mol. The minimum Gasteiger partial charge on any atom is -0.399 e. The van der Waals surface area contributed by atoms with Gasteiger partial charge in [0, 0.05) is 21.7 Å². The van der Waals surface area contributed by atoms with Crippen LogP contribution in [-0.2, 0) is 0 Å². The fraction of sp³-hybridized carbons (Fsp3) is 0. The number of hydrogen-bond acceptors (Lipinski definition) is 3. The molecule has 0 aliphatic heterocycles. The van der Waals surface area contributed by atoms with Gasteiger partial charge >= 0.3 is 0 Å². The van der Waals surface area contributed by atoms with Gasteiger partial charge in [0.2, 0.25) is 0 Å². The van der Waals surface area contributed by atoms with Gasteiger partial charge in [-0.25, -0.2) is 9.67 Å². The van der Waals surface area contributed by atoms with E-state index in [0.717, 1.165) is 26.9 Å². The summed E-state index contributed by atoms with van der Waals surface area (Å²) < 4.78 is 2.72. The molecule has 2 heterocycles. The van der Waals surface area contributed by atoms with E-state index in [1.807, 2.05) is 30.3 Å². The summed E-state index contributed by atoms with van der Waals surface area (Å²) in [5.74, 6) is 0.772. The first-order valence-electron chi connectivity index (χ1n) is 5.09. The van der Waals surface area contributed by atoms with Gasteiger partial charge in [-0.15, -0.1) is 0 Å². The molecule has 17 heavy (non-hydrogen) atoms. The predicted octanol–water partition coefficient (Wildman–Crippen LogP) is 2.77. The van der Waals surface area contributed by atoms with Crippen molar-refractivity contribution in [2.45, 2.75) is 0 Å². The van der Waals surface area contributed by atoms with Crippen LogP contribution in [0.3, 0.4) is 0 Å². The van der Waals surface area contributed by atoms with Crippen molar-refractivity contribution >= 4 is 32.5 Å². The fourth-order valence-corrected chi connectivity index (χ4v) is 1.95. The molecule has 2 aromatic heterocycles. The summed E-state index contributed by atoms with van der Waals surface area (Å²) in [6.45, 7) is 0. The molecule has 0 saturated carbocycles. The Labute approximate surface area is 106 Å². The number of hydrogen-bond donors (Lipinski definition) is 1. The minimum absolute atomic E-state index is 0.719. The second-order valence-electron chi connectivity index (χ2n) is 3.71. The molecule has 3 aromatic rings. The lowest BCUT2D eigenvalue weighted by molar-refractivity contribution is 0.874. The first-order chi connectivity index (χ1) is 8.24. The van der Waals surface area contributed by atoms with E-state index in [1.165, 1.54) is 0 Å². The van der Waals surface area contributed by atoms with Crippen molar-refractivity contribution in [3.05, 3.63) is 47.2 Å². The molecule has 0 aliphatic rings. The Bertz CT molecular complexity index is 673. The minimum atomic E-state index is 0.719. The summed E-state index contributed by atoms with van der Waals surface area (Å²) in [5, 5.41) is 5.36. The molecular weight excluding hydrogens is 280 g/mol. The third-order valence-corrected chi connectivity index (χ3v) is 2.99. The zero-order valence-electron chi connectivity index (χ0n) is 8.84. The number of fused-ring (bicyclic) bond motifs is 1. The summed E-state index contributed by atoms with van der Waals surface area (Å²) in [6, 6.07) is 9.55. The van der Waals surface area contributed by atoms with E-state index in [4.69, 9.17) is 5.73 Å². The summed E-state index contributed by atoms with van der Waals surface area (Å²) in [7, 11) is 0. The van der Waals surface area contributed by atoms with Gasteiger partial charge in [-0.1, -0.05) is 0 Å². The quantitative estimate of drug-likeness (QED) is 0.701. The van der Waals surface area contributed by atoms with E-state index >= 15 is 0 Å². The fourth-order valence-electron chi connectivity index (χ4n) is 1.71. The molecule has 0 bridgehead atoms. The van der Waals surface area contributed by atoms with Gasteiger partial charge < -0.3 is 5.73 Å². The van der Waals surface area contributed by atoms with Gasteiger partial charge in [0.15, 0.2) is 5.82 Å². The Morgan fingerprint density at radius 1 is 1.12 bits per heavy atom. The van der Waals surface area contributed by atoms with Crippen molar-refractivity contribution < 1.29 is 0 Å². The monoisotopic (exact) mass is 288 g/mol. The number of halogens is 1. The third-order valence-electron chi connectivity index (χ3n) is 2.52. The van der Waals surface area contributed by atoms with Gasteiger partial charge in [0.25, 0.3) is 0 Å². The molecule has 0 aliphatic carbocycles. The summed E-state index contributed by atoms with van der Waals surface area (Å²) in [5.41, 5.74) is 7.46. The largest absolute Gasteiger partial charge is 0.399 e. The topological polar surface area (TPSA) is 56.7 Å². The van der Waals surface area contributed by atoms with Crippen molar-refractivity contribution in [1.29, 1.82) is 0 Å². The van der Waals surface area contributed by atoms with Gasteiger partial charge in [0.1, 0.15) is 0 Å². The van der Waals surface area contributed by atoms with Crippen LogP contribution in [0.25, 0.3) is 16.7 Å². The van der Waals surface area contributed by atoms with Crippen molar-refractivity contribution in [2.24, 2.45) is 0 Å². The molecule has 0 spiro atoms. The van der Waals surface area contributed by atoms with Gasteiger partial charge in [-0.2, -0.15) is 5.10 Å². The number of nitrogens with two attached hydrogens (primary N) is 1. The maximum atomic E-state index is 5.79. The van der Waals surface area contributed by atoms with Crippen LogP contribution in [-0.4, -0.2) is 14.8 Å². The van der Waals surface area contributed by atoms with Crippen molar-refractivity contribution in [1.82, 2.24) is 14.8 Å². The Kier molecular flexibility index (Phi) is 2.33. The maximum absolute atomic E-state index is 5.79. The zero-order chi connectivity index (χ0) is 11.8. The lowest BCUT2D eigenvalue weighted by Crippen LogP contribution is -1.98. The number of nitrogen functional groups attached to an aromatic ring is 1. The van der Waals surface area contributed by atoms with E-state index in [-0.39, 0.29) is 0 Å². The highest BCUT2D eigenvalue weighted by Gasteiger charge is 2.05. The number of benzene rings is 1. The average Bonchev–Trinajstić information content (AvgIpc) is 2.73. The highest BCUT2D eigenvalue weighted by molar-refractivity contribution is 9.10. The van der Waals surface area contributed by atoms with Gasteiger partial charge in [0.05, 0.1) is 11.7 Å². The average molecular weight is 289 g/mol. The lowest BCUT2D eigenvalue weighted by atomic mass is 10.2. The molecule has 4 nitrogen and oxygen atoms in total. The van der Waals surface area contributed by atoms with Crippen molar-refractivity contribution in [3.63, 3.8) is 0 Å². The molecule has 0 radical (unpaired) electrons. The number of aromatic nitrogens is 3. The standard InChI is InChI=1S/C12H9BrN4/c13-9-2-4-12(15-7-9)17-11-5-10(14)3-1-8(11)6-16-17/h1-7H,14H2. The van der Waals surface area contributed by atoms with Crippen LogP contribution in [0.2, 0.25) is 0 Å². The van der Waals surface area contributed by atoms with Crippen LogP contribution >= 0.6 is 15.9 Å². The van der Waals surface area contributed by atoms with Crippen molar-refractivity contribution in [3.8, 4) is 5.82 Å². The van der Waals surface area contributed by atoms with E-state index in [2.05, 4.69) is 26.0 Å². The highest BCUT2D eigenvalue weighted by atomic mass is 79.9. The van der Waals surface area contributed by atoms with Crippen LogP contribution < -0.4 is 5.73 Å². The smallest absolute Gasteiger partial charge is 0.154 e. The maximum Gasteiger partial charge on any atom is 0.154 e. The van der Waals surface area contributed by atoms with Gasteiger partial charge in [-0.05, 0) is 46.3 Å². The summed E-state index contributed by atoms with van der Waals surface area (Å²) in [6.07, 6.45) is 3.55. The Morgan fingerprint density at radius 2 is 2.00 bits per heavy atom. The molecule has 84 valence electrons. The summed E-state index contributed by atoms with van der Waals surface area (Å²) >= 11 is 3.36. The highest BCUT2D eigenvalue weighted by Crippen LogP contribution is 2.20. The molecular formula is C12H9BrN4. The summed E-state index contributed by atoms with van der Waals surface area (Å²) in [4.78, 5) is 4.31. The van der Waals surface area contributed by atoms with Crippen LogP contribution in [0, 0.1) is 0 Å². The molecule has 0 unspecified atom stereocenters. The molecule has 0 atom stereocenters. The van der Waals surface area contributed by atoms with E-state index < -0.39 is 0 Å². The van der Waals surface area contributed by atoms with Crippen LogP contribution in [0.4, 0.5) is 5.69 Å². The first kappa shape index (κ1) is 10.3. The first-order valence-corrected chi connectivity index (χ1v) is 5.88. The SMILES string of the molecule is Nc1ccc2cnn(-c3ccc(Br)cn3)c2c1. The lowest BCUT2D eigenvalue weighted by Gasteiger charge is -2.02. The molecule has 0 amide bonds. The van der Waals surface area contributed by atoms with E-state index in [9.17, 15) is 0 Å². The number of nitrogens with zero attached hydrogens (tertiary/aromatic N) is 3. The molecule has 5 heteroatoms. The second kappa shape index (κ2) is 3.85. The Hall–Kier alpha value is -1.88. The van der Waals surface area contributed by atoms with Gasteiger partial charge in [-0.3, -0.25) is 0 Å². The third kappa shape index (κ3) is 1.78. The van der Waals surface area contributed by atoms with Crippen molar-refractivity contribution in [2.75, 3.05) is 5.73 Å². The normalized spacial score (nSPS) is 10.9. The Balaban J connectivity index is 2.23. The van der Waals surface area contributed by atoms with E-state index in [0.29, 0.717) is 0 Å². The number of rotatable bonds is 1. The molecule has 1 aromatic carbocycles.